The predicted octanol–water partition coefficient (Wildman–Crippen LogP) is 2.62. The van der Waals surface area contributed by atoms with Crippen molar-refractivity contribution in [1.29, 1.82) is 5.26 Å². The highest BCUT2D eigenvalue weighted by Crippen LogP contribution is 2.26. The molecule has 2 heterocycles. The zero-order valence-corrected chi connectivity index (χ0v) is 14.5. The van der Waals surface area contributed by atoms with Crippen LogP contribution >= 0.6 is 0 Å². The second-order valence-electron chi connectivity index (χ2n) is 5.49. The third kappa shape index (κ3) is 3.57. The summed E-state index contributed by atoms with van der Waals surface area (Å²) in [7, 11) is 1.62. The van der Waals surface area contributed by atoms with Crippen LogP contribution in [0.3, 0.4) is 0 Å². The summed E-state index contributed by atoms with van der Waals surface area (Å²) in [5.74, 6) is 1.90. The quantitative estimate of drug-likeness (QED) is 0.695. The van der Waals surface area contributed by atoms with Gasteiger partial charge in [0.25, 0.3) is 5.89 Å². The lowest BCUT2D eigenvalue weighted by molar-refractivity contribution is 0.414. The third-order valence-electron chi connectivity index (χ3n) is 3.71. The van der Waals surface area contributed by atoms with Crippen molar-refractivity contribution in [3.05, 3.63) is 47.3 Å². The summed E-state index contributed by atoms with van der Waals surface area (Å²) >= 11 is 0. The average Bonchev–Trinajstić information content (AvgIpc) is 3.11. The molecule has 132 valence electrons. The van der Waals surface area contributed by atoms with Gasteiger partial charge in [0.2, 0.25) is 5.89 Å². The van der Waals surface area contributed by atoms with Crippen molar-refractivity contribution < 1.29 is 9.15 Å². The fraction of sp³-hybridized carbons (Fsp3) is 0.222. The standard InChI is InChI=1S/C18H18N6O2/c1-3-21-17-13(10-19)14(20)9-15(22-17)18-24-23-16(26-18)8-11-4-6-12(25-2)7-5-11/h4-7,9H,3,8H2,1-2H3,(H3,20,21,22). The molecule has 26 heavy (non-hydrogen) atoms. The van der Waals surface area contributed by atoms with E-state index in [1.54, 1.807) is 13.2 Å². The molecule has 0 fully saturated rings. The number of hydrogen-bond donors (Lipinski definition) is 2. The van der Waals surface area contributed by atoms with Crippen LogP contribution in [-0.2, 0) is 6.42 Å². The zero-order valence-electron chi connectivity index (χ0n) is 14.5. The maximum absolute atomic E-state index is 9.22. The Morgan fingerprint density at radius 3 is 2.69 bits per heavy atom. The lowest BCUT2D eigenvalue weighted by atomic mass is 10.1. The first-order chi connectivity index (χ1) is 12.6. The molecule has 8 heteroatoms. The minimum absolute atomic E-state index is 0.254. The minimum Gasteiger partial charge on any atom is -0.497 e. The minimum atomic E-state index is 0.254. The van der Waals surface area contributed by atoms with Crippen LogP contribution in [0.5, 0.6) is 5.75 Å². The summed E-state index contributed by atoms with van der Waals surface area (Å²) in [6.45, 7) is 2.52. The molecule has 3 aromatic rings. The van der Waals surface area contributed by atoms with Gasteiger partial charge in [0.1, 0.15) is 28.9 Å². The van der Waals surface area contributed by atoms with Crippen LogP contribution in [0, 0.1) is 11.3 Å². The Hall–Kier alpha value is -3.60. The molecule has 0 bridgehead atoms. The topological polar surface area (TPSA) is 123 Å². The summed E-state index contributed by atoms with van der Waals surface area (Å²) in [5, 5.41) is 20.4. The van der Waals surface area contributed by atoms with Crippen LogP contribution in [0.1, 0.15) is 23.9 Å². The Bertz CT molecular complexity index is 943. The number of nitrogens with one attached hydrogen (secondary N) is 1. The number of pyridine rings is 1. The van der Waals surface area contributed by atoms with Crippen molar-refractivity contribution in [3.8, 4) is 23.4 Å². The molecule has 0 aliphatic heterocycles. The highest BCUT2D eigenvalue weighted by atomic mass is 16.5. The first-order valence-corrected chi connectivity index (χ1v) is 8.04. The molecule has 8 nitrogen and oxygen atoms in total. The molecule has 0 atom stereocenters. The van der Waals surface area contributed by atoms with Crippen molar-refractivity contribution >= 4 is 11.5 Å². The van der Waals surface area contributed by atoms with E-state index in [2.05, 4.69) is 20.5 Å². The maximum Gasteiger partial charge on any atom is 0.266 e. The van der Waals surface area contributed by atoms with Gasteiger partial charge in [-0.2, -0.15) is 5.26 Å². The van der Waals surface area contributed by atoms with Crippen LogP contribution < -0.4 is 15.8 Å². The van der Waals surface area contributed by atoms with Crippen LogP contribution in [0.25, 0.3) is 11.6 Å². The fourth-order valence-electron chi connectivity index (χ4n) is 2.43. The van der Waals surface area contributed by atoms with Gasteiger partial charge < -0.3 is 20.2 Å². The average molecular weight is 350 g/mol. The molecule has 0 unspecified atom stereocenters. The number of nitrogens with two attached hydrogens (primary N) is 1. The Kier molecular flexibility index (Phi) is 4.99. The molecule has 3 N–H and O–H groups in total. The highest BCUT2D eigenvalue weighted by Gasteiger charge is 2.16. The number of benzene rings is 1. The molecule has 0 radical (unpaired) electrons. The first-order valence-electron chi connectivity index (χ1n) is 8.04. The lowest BCUT2D eigenvalue weighted by Crippen LogP contribution is -2.05. The predicted molar refractivity (Wildman–Crippen MR) is 96.6 cm³/mol. The van der Waals surface area contributed by atoms with E-state index in [1.165, 1.54) is 0 Å². The monoisotopic (exact) mass is 350 g/mol. The van der Waals surface area contributed by atoms with Gasteiger partial charge >= 0.3 is 0 Å². The highest BCUT2D eigenvalue weighted by molar-refractivity contribution is 5.71. The van der Waals surface area contributed by atoms with Crippen molar-refractivity contribution in [3.63, 3.8) is 0 Å². The number of rotatable bonds is 6. The number of nitrogens with zero attached hydrogens (tertiary/aromatic N) is 4. The Labute approximate surface area is 150 Å². The van der Waals surface area contributed by atoms with E-state index in [0.29, 0.717) is 41.6 Å². The van der Waals surface area contributed by atoms with Gasteiger partial charge in [-0.3, -0.25) is 0 Å². The Balaban J connectivity index is 1.86. The number of ether oxygens (including phenoxy) is 1. The van der Waals surface area contributed by atoms with Crippen LogP contribution in [-0.4, -0.2) is 28.8 Å². The number of nitrogen functional groups attached to an aromatic ring is 1. The van der Waals surface area contributed by atoms with E-state index < -0.39 is 0 Å². The van der Waals surface area contributed by atoms with Gasteiger partial charge in [-0.1, -0.05) is 12.1 Å². The van der Waals surface area contributed by atoms with Crippen molar-refractivity contribution in [2.45, 2.75) is 13.3 Å². The van der Waals surface area contributed by atoms with Crippen molar-refractivity contribution in [2.24, 2.45) is 0 Å². The molecule has 0 amide bonds. The van der Waals surface area contributed by atoms with Crippen LogP contribution in [0.4, 0.5) is 11.5 Å². The molecular weight excluding hydrogens is 332 g/mol. The molecule has 3 rings (SSSR count). The molecule has 0 spiro atoms. The van der Waals surface area contributed by atoms with E-state index in [-0.39, 0.29) is 5.89 Å². The largest absolute Gasteiger partial charge is 0.497 e. The van der Waals surface area contributed by atoms with Crippen molar-refractivity contribution in [2.75, 3.05) is 24.7 Å². The number of hydrogen-bond acceptors (Lipinski definition) is 8. The zero-order chi connectivity index (χ0) is 18.5. The first kappa shape index (κ1) is 17.2. The number of anilines is 2. The third-order valence-corrected chi connectivity index (χ3v) is 3.71. The molecule has 0 saturated heterocycles. The molecule has 0 aliphatic rings. The summed E-state index contributed by atoms with van der Waals surface area (Å²) in [4.78, 5) is 4.38. The van der Waals surface area contributed by atoms with Gasteiger partial charge in [-0.25, -0.2) is 4.98 Å². The van der Waals surface area contributed by atoms with E-state index in [9.17, 15) is 5.26 Å². The van der Waals surface area contributed by atoms with E-state index in [1.807, 2.05) is 37.3 Å². The SMILES string of the molecule is CCNc1nc(-c2nnc(Cc3ccc(OC)cc3)o2)cc(N)c1C#N. The fourth-order valence-corrected chi connectivity index (χ4v) is 2.43. The van der Waals surface area contributed by atoms with E-state index in [0.717, 1.165) is 11.3 Å². The summed E-state index contributed by atoms with van der Waals surface area (Å²) in [5.41, 5.74) is 8.00. The second-order valence-corrected chi connectivity index (χ2v) is 5.49. The summed E-state index contributed by atoms with van der Waals surface area (Å²) in [6, 6.07) is 11.2. The number of methoxy groups -OCH3 is 1. The van der Waals surface area contributed by atoms with Gasteiger partial charge in [-0.15, -0.1) is 10.2 Å². The number of nitriles is 1. The summed E-state index contributed by atoms with van der Waals surface area (Å²) in [6.07, 6.45) is 0.489. The van der Waals surface area contributed by atoms with Crippen molar-refractivity contribution in [1.82, 2.24) is 15.2 Å². The van der Waals surface area contributed by atoms with Crippen LogP contribution in [0.15, 0.2) is 34.7 Å². The Morgan fingerprint density at radius 2 is 2.04 bits per heavy atom. The van der Waals surface area contributed by atoms with Crippen LogP contribution in [0.2, 0.25) is 0 Å². The van der Waals surface area contributed by atoms with E-state index >= 15 is 0 Å². The molecule has 0 aliphatic carbocycles. The van der Waals surface area contributed by atoms with E-state index in [4.69, 9.17) is 14.9 Å². The maximum atomic E-state index is 9.22. The second kappa shape index (κ2) is 7.53. The van der Waals surface area contributed by atoms with Gasteiger partial charge in [0.05, 0.1) is 19.2 Å². The van der Waals surface area contributed by atoms with Gasteiger partial charge in [0, 0.05) is 6.54 Å². The Morgan fingerprint density at radius 1 is 1.27 bits per heavy atom. The molecule has 2 aromatic heterocycles. The molecule has 0 saturated carbocycles. The number of aromatic nitrogens is 3. The summed E-state index contributed by atoms with van der Waals surface area (Å²) < 4.78 is 10.9. The van der Waals surface area contributed by atoms with Gasteiger partial charge in [-0.05, 0) is 30.7 Å². The molecular formula is C18H18N6O2. The normalized spacial score (nSPS) is 10.3. The smallest absolute Gasteiger partial charge is 0.266 e. The van der Waals surface area contributed by atoms with Gasteiger partial charge in [0.15, 0.2) is 0 Å². The molecule has 1 aromatic carbocycles. The lowest BCUT2D eigenvalue weighted by Gasteiger charge is -2.08.